The van der Waals surface area contributed by atoms with E-state index in [1.165, 1.54) is 7.11 Å². The number of benzene rings is 4. The van der Waals surface area contributed by atoms with Gasteiger partial charge in [-0.25, -0.2) is 0 Å². The van der Waals surface area contributed by atoms with Crippen molar-refractivity contribution in [1.82, 2.24) is 4.57 Å². The average Bonchev–Trinajstić information content (AvgIpc) is 3.30. The lowest BCUT2D eigenvalue weighted by atomic mass is 9.70. The molecule has 0 aliphatic rings. The summed E-state index contributed by atoms with van der Waals surface area (Å²) >= 11 is 0. The number of ether oxygens (including phenoxy) is 1. The number of carbonyl (C=O) groups excluding carboxylic acids is 1. The first-order valence-electron chi connectivity index (χ1n) is 12.4. The van der Waals surface area contributed by atoms with Crippen molar-refractivity contribution in [3.63, 3.8) is 0 Å². The summed E-state index contributed by atoms with van der Waals surface area (Å²) in [6.07, 6.45) is 6.07. The lowest BCUT2D eigenvalue weighted by molar-refractivity contribution is -0.146. The van der Waals surface area contributed by atoms with Gasteiger partial charge >= 0.3 is 5.97 Å². The van der Waals surface area contributed by atoms with Gasteiger partial charge in [-0.2, -0.15) is 0 Å². The zero-order valence-electron chi connectivity index (χ0n) is 21.0. The first kappa shape index (κ1) is 24.1. The Labute approximate surface area is 217 Å². The van der Waals surface area contributed by atoms with Gasteiger partial charge in [-0.15, -0.1) is 0 Å². The molecule has 0 fully saturated rings. The van der Waals surface area contributed by atoms with Crippen LogP contribution in [-0.4, -0.2) is 17.6 Å². The molecule has 0 aliphatic carbocycles. The summed E-state index contributed by atoms with van der Waals surface area (Å²) in [7, 11) is 3.47. The largest absolute Gasteiger partial charge is 0.468 e. The molecule has 37 heavy (non-hydrogen) atoms. The van der Waals surface area contributed by atoms with E-state index in [1.807, 2.05) is 110 Å². The third-order valence-electron chi connectivity index (χ3n) is 6.88. The van der Waals surface area contributed by atoms with Gasteiger partial charge in [-0.05, 0) is 29.3 Å². The number of methoxy groups -OCH3 is 1. The van der Waals surface area contributed by atoms with Gasteiger partial charge in [-0.1, -0.05) is 109 Å². The molecule has 5 rings (SSSR count). The van der Waals surface area contributed by atoms with E-state index in [2.05, 4.69) is 40.3 Å². The minimum atomic E-state index is -1.19. The SMILES string of the molecule is COC(=O)[C@](/C=C/c1ccccc1)(c1cn(C)c2ccccc12)[C@H](Nc1ccccc1)c1ccccc1. The van der Waals surface area contributed by atoms with E-state index in [4.69, 9.17) is 4.74 Å². The standard InChI is InChI=1S/C33H30N2O2/c1-35-24-29(28-20-12-13-21-30(28)35)33(32(36)37-2,23-22-25-14-6-3-7-15-25)31(26-16-8-4-9-17-26)34-27-18-10-5-11-19-27/h3-24,31,34H,1-2H3/b23-22+/t31-,33-/m1/s1. The first-order chi connectivity index (χ1) is 18.1. The van der Waals surface area contributed by atoms with E-state index in [0.29, 0.717) is 0 Å². The van der Waals surface area contributed by atoms with Crippen molar-refractivity contribution in [3.8, 4) is 0 Å². The highest BCUT2D eigenvalue weighted by Crippen LogP contribution is 2.46. The maximum atomic E-state index is 14.2. The number of anilines is 1. The maximum absolute atomic E-state index is 14.2. The second kappa shape index (κ2) is 10.6. The zero-order chi connectivity index (χ0) is 25.7. The van der Waals surface area contributed by atoms with Crippen molar-refractivity contribution in [2.24, 2.45) is 7.05 Å². The van der Waals surface area contributed by atoms with Gasteiger partial charge in [0.05, 0.1) is 13.2 Å². The van der Waals surface area contributed by atoms with Gasteiger partial charge in [0.25, 0.3) is 0 Å². The molecule has 1 heterocycles. The van der Waals surface area contributed by atoms with Crippen molar-refractivity contribution in [3.05, 3.63) is 144 Å². The van der Waals surface area contributed by atoms with Crippen LogP contribution in [0.4, 0.5) is 5.69 Å². The van der Waals surface area contributed by atoms with Crippen LogP contribution in [0.3, 0.4) is 0 Å². The number of para-hydroxylation sites is 2. The van der Waals surface area contributed by atoms with Gasteiger partial charge in [0.15, 0.2) is 0 Å². The minimum Gasteiger partial charge on any atom is -0.468 e. The molecule has 0 saturated heterocycles. The molecule has 0 spiro atoms. The molecule has 2 atom stereocenters. The number of aromatic nitrogens is 1. The van der Waals surface area contributed by atoms with E-state index in [0.717, 1.165) is 33.3 Å². The number of aryl methyl sites for hydroxylation is 1. The van der Waals surface area contributed by atoms with Crippen molar-refractivity contribution >= 4 is 28.6 Å². The summed E-state index contributed by atoms with van der Waals surface area (Å²) < 4.78 is 7.69. The van der Waals surface area contributed by atoms with Gasteiger partial charge < -0.3 is 14.6 Å². The van der Waals surface area contributed by atoms with Crippen LogP contribution in [0.1, 0.15) is 22.7 Å². The van der Waals surface area contributed by atoms with Gasteiger partial charge in [0.2, 0.25) is 0 Å². The number of carbonyl (C=O) groups is 1. The lowest BCUT2D eigenvalue weighted by Gasteiger charge is -2.37. The van der Waals surface area contributed by atoms with Crippen molar-refractivity contribution in [1.29, 1.82) is 0 Å². The lowest BCUT2D eigenvalue weighted by Crippen LogP contribution is -2.44. The number of fused-ring (bicyclic) bond motifs is 1. The smallest absolute Gasteiger partial charge is 0.322 e. The molecular weight excluding hydrogens is 456 g/mol. The zero-order valence-corrected chi connectivity index (χ0v) is 21.0. The van der Waals surface area contributed by atoms with Crippen LogP contribution in [0.5, 0.6) is 0 Å². The maximum Gasteiger partial charge on any atom is 0.322 e. The third-order valence-corrected chi connectivity index (χ3v) is 6.88. The Bertz CT molecular complexity index is 1510. The van der Waals surface area contributed by atoms with E-state index in [-0.39, 0.29) is 5.97 Å². The summed E-state index contributed by atoms with van der Waals surface area (Å²) in [5.74, 6) is -0.340. The van der Waals surface area contributed by atoms with Crippen LogP contribution in [0, 0.1) is 0 Å². The molecule has 5 aromatic rings. The topological polar surface area (TPSA) is 43.3 Å². The fourth-order valence-electron chi connectivity index (χ4n) is 5.08. The van der Waals surface area contributed by atoms with Crippen LogP contribution in [0.25, 0.3) is 17.0 Å². The molecule has 0 amide bonds. The monoisotopic (exact) mass is 486 g/mol. The van der Waals surface area contributed by atoms with Crippen LogP contribution >= 0.6 is 0 Å². The van der Waals surface area contributed by atoms with E-state index in [9.17, 15) is 4.79 Å². The molecule has 4 aromatic carbocycles. The Balaban J connectivity index is 1.84. The molecule has 4 nitrogen and oxygen atoms in total. The molecular formula is C33H30N2O2. The molecule has 0 aliphatic heterocycles. The summed E-state index contributed by atoms with van der Waals surface area (Å²) in [6.45, 7) is 0. The molecule has 0 unspecified atom stereocenters. The summed E-state index contributed by atoms with van der Waals surface area (Å²) in [6, 6.07) is 37.8. The molecule has 0 saturated carbocycles. The Morgan fingerprint density at radius 3 is 2.11 bits per heavy atom. The molecule has 4 heteroatoms. The van der Waals surface area contributed by atoms with Crippen molar-refractivity contribution in [2.75, 3.05) is 12.4 Å². The van der Waals surface area contributed by atoms with Crippen LogP contribution in [-0.2, 0) is 22.0 Å². The highest BCUT2D eigenvalue weighted by molar-refractivity contribution is 5.97. The van der Waals surface area contributed by atoms with Gasteiger partial charge in [-0.3, -0.25) is 4.79 Å². The number of esters is 1. The van der Waals surface area contributed by atoms with E-state index in [1.54, 1.807) is 0 Å². The minimum absolute atomic E-state index is 0.340. The fourth-order valence-corrected chi connectivity index (χ4v) is 5.08. The van der Waals surface area contributed by atoms with Crippen molar-refractivity contribution < 1.29 is 9.53 Å². The second-order valence-electron chi connectivity index (χ2n) is 9.13. The quantitative estimate of drug-likeness (QED) is 0.237. The Morgan fingerprint density at radius 2 is 1.43 bits per heavy atom. The first-order valence-corrected chi connectivity index (χ1v) is 12.4. The predicted molar refractivity (Wildman–Crippen MR) is 151 cm³/mol. The third kappa shape index (κ3) is 4.66. The fraction of sp³-hybridized carbons (Fsp3) is 0.121. The van der Waals surface area contributed by atoms with Gasteiger partial charge in [0, 0.05) is 35.4 Å². The summed E-state index contributed by atoms with van der Waals surface area (Å²) in [4.78, 5) is 14.2. The van der Waals surface area contributed by atoms with Gasteiger partial charge in [0.1, 0.15) is 5.41 Å². The summed E-state index contributed by atoms with van der Waals surface area (Å²) in [5, 5.41) is 4.70. The normalized spacial score (nSPS) is 13.8. The second-order valence-corrected chi connectivity index (χ2v) is 9.13. The highest BCUT2D eigenvalue weighted by atomic mass is 16.5. The highest BCUT2D eigenvalue weighted by Gasteiger charge is 2.49. The Kier molecular flexibility index (Phi) is 6.91. The number of hydrogen-bond acceptors (Lipinski definition) is 3. The molecule has 1 aromatic heterocycles. The Morgan fingerprint density at radius 1 is 0.838 bits per heavy atom. The molecule has 1 N–H and O–H groups in total. The van der Waals surface area contributed by atoms with Crippen LogP contribution < -0.4 is 5.32 Å². The van der Waals surface area contributed by atoms with E-state index < -0.39 is 11.5 Å². The molecule has 0 radical (unpaired) electrons. The van der Waals surface area contributed by atoms with E-state index >= 15 is 0 Å². The molecule has 184 valence electrons. The average molecular weight is 487 g/mol. The summed E-state index contributed by atoms with van der Waals surface area (Å²) in [5.41, 5.74) is 3.62. The van der Waals surface area contributed by atoms with Crippen LogP contribution in [0.2, 0.25) is 0 Å². The van der Waals surface area contributed by atoms with Crippen molar-refractivity contribution in [2.45, 2.75) is 11.5 Å². The number of rotatable bonds is 8. The Hall–Kier alpha value is -4.57. The molecule has 0 bridgehead atoms. The number of hydrogen-bond donors (Lipinski definition) is 1. The number of nitrogens with one attached hydrogen (secondary N) is 1. The predicted octanol–water partition coefficient (Wildman–Crippen LogP) is 7.16. The van der Waals surface area contributed by atoms with Crippen LogP contribution in [0.15, 0.2) is 128 Å². The number of nitrogens with zero attached hydrogens (tertiary/aromatic N) is 1.